The van der Waals surface area contributed by atoms with Crippen molar-refractivity contribution < 1.29 is 4.79 Å². The summed E-state index contributed by atoms with van der Waals surface area (Å²) in [6.07, 6.45) is 4.52. The Balaban J connectivity index is 2.00. The van der Waals surface area contributed by atoms with Crippen LogP contribution in [0.25, 0.3) is 0 Å². The standard InChI is InChI=1S/C13H18OS/c1-13(2)7-5-10(6-8-13)12(14)11-4-3-9-15-11/h3-4,9-10H,5-8H2,1-2H3. The summed E-state index contributed by atoms with van der Waals surface area (Å²) in [6, 6.07) is 3.91. The molecule has 0 aromatic carbocycles. The van der Waals surface area contributed by atoms with Crippen LogP contribution in [0, 0.1) is 11.3 Å². The molecule has 0 atom stereocenters. The second-order valence-corrected chi connectivity index (χ2v) is 6.23. The number of carbonyl (C=O) groups excluding carboxylic acids is 1. The van der Waals surface area contributed by atoms with Gasteiger partial charge in [0.1, 0.15) is 0 Å². The monoisotopic (exact) mass is 222 g/mol. The lowest BCUT2D eigenvalue weighted by molar-refractivity contribution is 0.0842. The number of hydrogen-bond donors (Lipinski definition) is 0. The maximum atomic E-state index is 12.1. The molecule has 1 saturated carbocycles. The van der Waals surface area contributed by atoms with E-state index < -0.39 is 0 Å². The molecule has 1 aliphatic rings. The van der Waals surface area contributed by atoms with Gasteiger partial charge < -0.3 is 0 Å². The van der Waals surface area contributed by atoms with Gasteiger partial charge in [-0.3, -0.25) is 4.79 Å². The number of ketones is 1. The van der Waals surface area contributed by atoms with E-state index in [-0.39, 0.29) is 5.92 Å². The van der Waals surface area contributed by atoms with E-state index in [2.05, 4.69) is 13.8 Å². The molecule has 82 valence electrons. The van der Waals surface area contributed by atoms with Crippen LogP contribution in [-0.4, -0.2) is 5.78 Å². The molecule has 15 heavy (non-hydrogen) atoms. The lowest BCUT2D eigenvalue weighted by atomic mass is 9.72. The number of Topliss-reactive ketones (excluding diaryl/α,β-unsaturated/α-hetero) is 1. The third-order valence-corrected chi connectivity index (χ3v) is 4.36. The Morgan fingerprint density at radius 3 is 2.60 bits per heavy atom. The quantitative estimate of drug-likeness (QED) is 0.687. The number of rotatable bonds is 2. The molecule has 1 fully saturated rings. The first-order chi connectivity index (χ1) is 7.08. The number of hydrogen-bond acceptors (Lipinski definition) is 2. The number of thiophene rings is 1. The van der Waals surface area contributed by atoms with Crippen LogP contribution < -0.4 is 0 Å². The van der Waals surface area contributed by atoms with E-state index in [1.165, 1.54) is 12.8 Å². The Hall–Kier alpha value is -0.630. The average molecular weight is 222 g/mol. The fourth-order valence-corrected chi connectivity index (χ4v) is 3.03. The van der Waals surface area contributed by atoms with Crippen molar-refractivity contribution in [2.45, 2.75) is 39.5 Å². The van der Waals surface area contributed by atoms with Gasteiger partial charge in [-0.15, -0.1) is 11.3 Å². The number of carbonyl (C=O) groups is 1. The summed E-state index contributed by atoms with van der Waals surface area (Å²) < 4.78 is 0. The van der Waals surface area contributed by atoms with Crippen molar-refractivity contribution in [3.8, 4) is 0 Å². The normalized spacial score (nSPS) is 21.5. The Labute approximate surface area is 95.5 Å². The summed E-state index contributed by atoms with van der Waals surface area (Å²) in [5.41, 5.74) is 0.451. The van der Waals surface area contributed by atoms with E-state index in [0.29, 0.717) is 11.2 Å². The van der Waals surface area contributed by atoms with Crippen molar-refractivity contribution in [3.05, 3.63) is 22.4 Å². The van der Waals surface area contributed by atoms with Crippen LogP contribution in [0.15, 0.2) is 17.5 Å². The molecule has 1 heterocycles. The first-order valence-electron chi connectivity index (χ1n) is 5.66. The SMILES string of the molecule is CC1(C)CCC(C(=O)c2cccs2)CC1. The van der Waals surface area contributed by atoms with E-state index in [1.807, 2.05) is 17.5 Å². The summed E-state index contributed by atoms with van der Waals surface area (Å²) in [5.74, 6) is 0.664. The van der Waals surface area contributed by atoms with Crippen LogP contribution in [0.3, 0.4) is 0 Å². The molecule has 0 spiro atoms. The van der Waals surface area contributed by atoms with E-state index in [9.17, 15) is 4.79 Å². The van der Waals surface area contributed by atoms with Gasteiger partial charge in [-0.25, -0.2) is 0 Å². The molecule has 0 radical (unpaired) electrons. The summed E-state index contributed by atoms with van der Waals surface area (Å²) in [4.78, 5) is 13.0. The maximum Gasteiger partial charge on any atom is 0.175 e. The fourth-order valence-electron chi connectivity index (χ4n) is 2.28. The Morgan fingerprint density at radius 1 is 1.40 bits per heavy atom. The van der Waals surface area contributed by atoms with Crippen molar-refractivity contribution in [1.82, 2.24) is 0 Å². The Morgan fingerprint density at radius 2 is 2.07 bits per heavy atom. The minimum atomic E-state index is 0.289. The molecule has 0 N–H and O–H groups in total. The molecular weight excluding hydrogens is 204 g/mol. The fraction of sp³-hybridized carbons (Fsp3) is 0.615. The second-order valence-electron chi connectivity index (χ2n) is 5.28. The molecule has 0 saturated heterocycles. The van der Waals surface area contributed by atoms with Gasteiger partial charge in [0.2, 0.25) is 0 Å². The van der Waals surface area contributed by atoms with Gasteiger partial charge in [0.05, 0.1) is 4.88 Å². The summed E-state index contributed by atoms with van der Waals surface area (Å²) in [5, 5.41) is 1.99. The first-order valence-corrected chi connectivity index (χ1v) is 6.54. The zero-order chi connectivity index (χ0) is 10.9. The van der Waals surface area contributed by atoms with Crippen LogP contribution >= 0.6 is 11.3 Å². The van der Waals surface area contributed by atoms with Crippen LogP contribution in [0.2, 0.25) is 0 Å². The maximum absolute atomic E-state index is 12.1. The van der Waals surface area contributed by atoms with Crippen molar-refractivity contribution in [1.29, 1.82) is 0 Å². The molecule has 2 rings (SSSR count). The second kappa shape index (κ2) is 4.09. The minimum Gasteiger partial charge on any atom is -0.293 e. The Bertz CT molecular complexity index is 327. The third-order valence-electron chi connectivity index (χ3n) is 3.47. The molecule has 1 nitrogen and oxygen atoms in total. The van der Waals surface area contributed by atoms with Crippen LogP contribution in [0.5, 0.6) is 0 Å². The van der Waals surface area contributed by atoms with Gasteiger partial charge in [-0.1, -0.05) is 19.9 Å². The van der Waals surface area contributed by atoms with Gasteiger partial charge in [0.15, 0.2) is 5.78 Å². The van der Waals surface area contributed by atoms with Crippen molar-refractivity contribution in [3.63, 3.8) is 0 Å². The minimum absolute atomic E-state index is 0.289. The Kier molecular flexibility index (Phi) is 2.96. The molecule has 1 aromatic rings. The molecule has 0 amide bonds. The molecular formula is C13H18OS. The average Bonchev–Trinajstić information content (AvgIpc) is 2.69. The smallest absolute Gasteiger partial charge is 0.175 e. The van der Waals surface area contributed by atoms with Crippen LogP contribution in [0.4, 0.5) is 0 Å². The highest BCUT2D eigenvalue weighted by Gasteiger charge is 2.31. The molecule has 0 aliphatic heterocycles. The highest BCUT2D eigenvalue weighted by Crippen LogP contribution is 2.39. The van der Waals surface area contributed by atoms with E-state index in [0.717, 1.165) is 17.7 Å². The van der Waals surface area contributed by atoms with Gasteiger partial charge >= 0.3 is 0 Å². The predicted octanol–water partition coefficient (Wildman–Crippen LogP) is 4.15. The third kappa shape index (κ3) is 2.49. The van der Waals surface area contributed by atoms with Crippen molar-refractivity contribution in [2.75, 3.05) is 0 Å². The summed E-state index contributed by atoms with van der Waals surface area (Å²) in [6.45, 7) is 4.61. The van der Waals surface area contributed by atoms with Gasteiger partial charge in [0, 0.05) is 5.92 Å². The first kappa shape index (κ1) is 10.9. The molecule has 2 heteroatoms. The summed E-state index contributed by atoms with van der Waals surface area (Å²) >= 11 is 1.58. The molecule has 0 unspecified atom stereocenters. The molecule has 1 aliphatic carbocycles. The summed E-state index contributed by atoms with van der Waals surface area (Å²) in [7, 11) is 0. The zero-order valence-electron chi connectivity index (χ0n) is 9.45. The largest absolute Gasteiger partial charge is 0.293 e. The van der Waals surface area contributed by atoms with Crippen molar-refractivity contribution >= 4 is 17.1 Å². The van der Waals surface area contributed by atoms with E-state index in [4.69, 9.17) is 0 Å². The van der Waals surface area contributed by atoms with E-state index >= 15 is 0 Å². The lowest BCUT2D eigenvalue weighted by Crippen LogP contribution is -2.25. The molecule has 0 bridgehead atoms. The molecule has 1 aromatic heterocycles. The van der Waals surface area contributed by atoms with Crippen molar-refractivity contribution in [2.24, 2.45) is 11.3 Å². The lowest BCUT2D eigenvalue weighted by Gasteiger charge is -2.33. The van der Waals surface area contributed by atoms with Gasteiger partial charge in [-0.2, -0.15) is 0 Å². The van der Waals surface area contributed by atoms with Crippen LogP contribution in [-0.2, 0) is 0 Å². The van der Waals surface area contributed by atoms with Crippen LogP contribution in [0.1, 0.15) is 49.2 Å². The highest BCUT2D eigenvalue weighted by atomic mass is 32.1. The van der Waals surface area contributed by atoms with Gasteiger partial charge in [-0.05, 0) is 42.5 Å². The zero-order valence-corrected chi connectivity index (χ0v) is 10.3. The van der Waals surface area contributed by atoms with E-state index in [1.54, 1.807) is 11.3 Å². The highest BCUT2D eigenvalue weighted by molar-refractivity contribution is 7.12. The predicted molar refractivity (Wildman–Crippen MR) is 64.4 cm³/mol. The topological polar surface area (TPSA) is 17.1 Å². The van der Waals surface area contributed by atoms with Gasteiger partial charge in [0.25, 0.3) is 0 Å².